The molecule has 5 heteroatoms. The predicted octanol–water partition coefficient (Wildman–Crippen LogP) is 2.39. The summed E-state index contributed by atoms with van der Waals surface area (Å²) >= 11 is 10.8. The molecule has 0 radical (unpaired) electrons. The molecule has 0 aliphatic rings. The van der Waals surface area contributed by atoms with Crippen LogP contribution in [0, 0.1) is 0 Å². The molecule has 2 atom stereocenters. The Balaban J connectivity index is 3.59. The van der Waals surface area contributed by atoms with Crippen LogP contribution in [0.25, 0.3) is 0 Å². The Morgan fingerprint density at radius 3 is 1.75 bits per heavy atom. The molecule has 0 bridgehead atoms. The molecule has 72 valence electrons. The quantitative estimate of drug-likeness (QED) is 0.533. The fourth-order valence-electron chi connectivity index (χ4n) is 0.419. The highest BCUT2D eigenvalue weighted by atomic mass is 35.5. The van der Waals surface area contributed by atoms with E-state index in [0.29, 0.717) is 0 Å². The third-order valence-corrected chi connectivity index (χ3v) is 1.90. The first-order valence-corrected chi connectivity index (χ1v) is 4.66. The number of hydrogen-bond donors (Lipinski definition) is 0. The van der Waals surface area contributed by atoms with Crippen molar-refractivity contribution in [2.75, 3.05) is 11.8 Å². The second-order valence-corrected chi connectivity index (χ2v) is 3.03. The Kier molecular flexibility index (Phi) is 6.30. The second kappa shape index (κ2) is 6.38. The van der Waals surface area contributed by atoms with Crippen molar-refractivity contribution in [2.24, 2.45) is 0 Å². The van der Waals surface area contributed by atoms with Gasteiger partial charge in [0.2, 0.25) is 0 Å². The lowest BCUT2D eigenvalue weighted by molar-refractivity contribution is 0.0183. The van der Waals surface area contributed by atoms with Crippen molar-refractivity contribution in [3.63, 3.8) is 0 Å². The Morgan fingerprint density at radius 2 is 1.50 bits per heavy atom. The molecule has 0 saturated heterocycles. The third-order valence-electron chi connectivity index (χ3n) is 1.03. The Bertz CT molecular complexity index is 127. The standard InChI is InChI=1S/C7H12Cl2O3/c1-5(3-8)11-7(10)12-6(2)4-9/h5-6H,3-4H2,1-2H3. The van der Waals surface area contributed by atoms with Gasteiger partial charge in [-0.3, -0.25) is 0 Å². The maximum Gasteiger partial charge on any atom is 0.508 e. The summed E-state index contributed by atoms with van der Waals surface area (Å²) in [6.45, 7) is 3.36. The molecule has 0 rings (SSSR count). The van der Waals surface area contributed by atoms with E-state index in [1.54, 1.807) is 13.8 Å². The van der Waals surface area contributed by atoms with Crippen LogP contribution in [0.15, 0.2) is 0 Å². The number of halogens is 2. The van der Waals surface area contributed by atoms with Crippen LogP contribution in [0.2, 0.25) is 0 Å². The third kappa shape index (κ3) is 5.49. The lowest BCUT2D eigenvalue weighted by Gasteiger charge is -2.12. The number of hydrogen-bond acceptors (Lipinski definition) is 3. The number of alkyl halides is 2. The van der Waals surface area contributed by atoms with E-state index in [-0.39, 0.29) is 24.0 Å². The highest BCUT2D eigenvalue weighted by molar-refractivity contribution is 6.18. The molecule has 0 saturated carbocycles. The lowest BCUT2D eigenvalue weighted by atomic mass is 10.5. The van der Waals surface area contributed by atoms with Crippen molar-refractivity contribution < 1.29 is 14.3 Å². The average Bonchev–Trinajstić information content (AvgIpc) is 2.03. The van der Waals surface area contributed by atoms with Crippen LogP contribution >= 0.6 is 23.2 Å². The van der Waals surface area contributed by atoms with E-state index in [1.165, 1.54) is 0 Å². The summed E-state index contributed by atoms with van der Waals surface area (Å²) in [4.78, 5) is 10.8. The summed E-state index contributed by atoms with van der Waals surface area (Å²) in [7, 11) is 0. The van der Waals surface area contributed by atoms with E-state index in [0.717, 1.165) is 0 Å². The molecular formula is C7H12Cl2O3. The van der Waals surface area contributed by atoms with Gasteiger partial charge in [-0.05, 0) is 13.8 Å². The molecule has 0 aliphatic carbocycles. The molecule has 0 N–H and O–H groups in total. The molecule has 0 aromatic carbocycles. The summed E-state index contributed by atoms with van der Waals surface area (Å²) in [5.74, 6) is 0.509. The molecule has 0 fully saturated rings. The summed E-state index contributed by atoms with van der Waals surface area (Å²) < 4.78 is 9.44. The zero-order valence-corrected chi connectivity index (χ0v) is 8.56. The van der Waals surface area contributed by atoms with Crippen LogP contribution in [0.5, 0.6) is 0 Å². The number of carbonyl (C=O) groups is 1. The van der Waals surface area contributed by atoms with Crippen molar-refractivity contribution in [2.45, 2.75) is 26.1 Å². The van der Waals surface area contributed by atoms with Gasteiger partial charge < -0.3 is 9.47 Å². The molecule has 0 amide bonds. The highest BCUT2D eigenvalue weighted by Gasteiger charge is 2.12. The molecule has 0 aromatic rings. The maximum absolute atomic E-state index is 10.8. The molecule has 2 unspecified atom stereocenters. The zero-order valence-electron chi connectivity index (χ0n) is 7.05. The first-order valence-electron chi connectivity index (χ1n) is 3.59. The van der Waals surface area contributed by atoms with Gasteiger partial charge in [-0.1, -0.05) is 0 Å². The predicted molar refractivity (Wildman–Crippen MR) is 47.9 cm³/mol. The smallest absolute Gasteiger partial charge is 0.430 e. The van der Waals surface area contributed by atoms with Gasteiger partial charge in [-0.15, -0.1) is 23.2 Å². The van der Waals surface area contributed by atoms with E-state index in [9.17, 15) is 4.79 Å². The number of carbonyl (C=O) groups excluding carboxylic acids is 1. The van der Waals surface area contributed by atoms with Crippen LogP contribution in [0.1, 0.15) is 13.8 Å². The minimum absolute atomic E-state index is 0.254. The Hall–Kier alpha value is -0.150. The lowest BCUT2D eigenvalue weighted by Crippen LogP contribution is -2.22. The van der Waals surface area contributed by atoms with Gasteiger partial charge in [0.15, 0.2) is 0 Å². The molecule has 0 aromatic heterocycles. The first-order chi connectivity index (χ1) is 5.60. The fourth-order valence-corrected chi connectivity index (χ4v) is 0.545. The van der Waals surface area contributed by atoms with E-state index >= 15 is 0 Å². The van der Waals surface area contributed by atoms with E-state index < -0.39 is 6.16 Å². The summed E-state index contributed by atoms with van der Waals surface area (Å²) in [5.41, 5.74) is 0. The molecule has 12 heavy (non-hydrogen) atoms. The Labute approximate surface area is 81.9 Å². The van der Waals surface area contributed by atoms with Crippen LogP contribution in [0.4, 0.5) is 4.79 Å². The zero-order chi connectivity index (χ0) is 9.56. The minimum atomic E-state index is -0.726. The highest BCUT2D eigenvalue weighted by Crippen LogP contribution is 2.00. The van der Waals surface area contributed by atoms with Gasteiger partial charge in [0, 0.05) is 0 Å². The van der Waals surface area contributed by atoms with Gasteiger partial charge in [0.25, 0.3) is 0 Å². The SMILES string of the molecule is CC(CCl)OC(=O)OC(C)CCl. The van der Waals surface area contributed by atoms with Gasteiger partial charge in [-0.25, -0.2) is 4.79 Å². The van der Waals surface area contributed by atoms with Crippen molar-refractivity contribution in [3.05, 3.63) is 0 Å². The van der Waals surface area contributed by atoms with Crippen molar-refractivity contribution in [1.29, 1.82) is 0 Å². The van der Waals surface area contributed by atoms with Crippen molar-refractivity contribution >= 4 is 29.4 Å². The minimum Gasteiger partial charge on any atom is -0.430 e. The number of ether oxygens (including phenoxy) is 2. The van der Waals surface area contributed by atoms with E-state index in [2.05, 4.69) is 0 Å². The topological polar surface area (TPSA) is 35.5 Å². The molecule has 0 spiro atoms. The normalized spacial score (nSPS) is 15.0. The summed E-state index contributed by atoms with van der Waals surface area (Å²) in [6, 6.07) is 0. The van der Waals surface area contributed by atoms with Crippen LogP contribution < -0.4 is 0 Å². The number of rotatable bonds is 4. The van der Waals surface area contributed by atoms with Gasteiger partial charge in [0.1, 0.15) is 12.2 Å². The van der Waals surface area contributed by atoms with E-state index in [4.69, 9.17) is 32.7 Å². The first kappa shape index (κ1) is 11.8. The molecular weight excluding hydrogens is 203 g/mol. The maximum atomic E-state index is 10.8. The summed E-state index contributed by atoms with van der Waals surface area (Å²) in [6.07, 6.45) is -1.39. The second-order valence-electron chi connectivity index (χ2n) is 2.42. The van der Waals surface area contributed by atoms with Crippen LogP contribution in [0.3, 0.4) is 0 Å². The fraction of sp³-hybridized carbons (Fsp3) is 0.857. The van der Waals surface area contributed by atoms with Gasteiger partial charge in [0.05, 0.1) is 11.8 Å². The van der Waals surface area contributed by atoms with Crippen LogP contribution in [-0.4, -0.2) is 30.1 Å². The largest absolute Gasteiger partial charge is 0.508 e. The van der Waals surface area contributed by atoms with Crippen molar-refractivity contribution in [3.8, 4) is 0 Å². The molecule has 3 nitrogen and oxygen atoms in total. The monoisotopic (exact) mass is 214 g/mol. The summed E-state index contributed by atoms with van der Waals surface area (Å²) in [5, 5.41) is 0. The van der Waals surface area contributed by atoms with Gasteiger partial charge >= 0.3 is 6.16 Å². The van der Waals surface area contributed by atoms with E-state index in [1.807, 2.05) is 0 Å². The molecule has 0 heterocycles. The average molecular weight is 215 g/mol. The Morgan fingerprint density at radius 1 is 1.17 bits per heavy atom. The van der Waals surface area contributed by atoms with Crippen molar-refractivity contribution in [1.82, 2.24) is 0 Å². The van der Waals surface area contributed by atoms with Crippen LogP contribution in [-0.2, 0) is 9.47 Å². The molecule has 0 aliphatic heterocycles. The van der Waals surface area contributed by atoms with Gasteiger partial charge in [-0.2, -0.15) is 0 Å².